The predicted octanol–water partition coefficient (Wildman–Crippen LogP) is 10.5. The van der Waals surface area contributed by atoms with E-state index < -0.39 is 0 Å². The molecule has 204 valence electrons. The van der Waals surface area contributed by atoms with Crippen LogP contribution in [0, 0.1) is 0 Å². The smallest absolute Gasteiger partial charge is 0.132 e. The van der Waals surface area contributed by atoms with Crippen LogP contribution in [-0.4, -0.2) is 51.8 Å². The lowest BCUT2D eigenvalue weighted by Crippen LogP contribution is -1.97. The van der Waals surface area contributed by atoms with Crippen LogP contribution in [0.15, 0.2) is 0 Å². The molecule has 0 atom stereocenters. The molecule has 0 radical (unpaired) electrons. The Morgan fingerprint density at radius 3 is 1.06 bits per heavy atom. The fourth-order valence-corrected chi connectivity index (χ4v) is 7.78. The Labute approximate surface area is 232 Å². The Morgan fingerprint density at radius 1 is 0.382 bits per heavy atom. The number of hydrogen-bond donors (Lipinski definition) is 0. The van der Waals surface area contributed by atoms with Gasteiger partial charge in [0.05, 0.1) is 0 Å². The molecule has 0 unspecified atom stereocenters. The molecule has 0 fully saturated rings. The van der Waals surface area contributed by atoms with E-state index in [-0.39, 0.29) is 0 Å². The summed E-state index contributed by atoms with van der Waals surface area (Å²) in [7, 11) is 0. The molecule has 1 nitrogen and oxygen atoms in total. The van der Waals surface area contributed by atoms with Crippen LogP contribution in [0.25, 0.3) is 0 Å². The summed E-state index contributed by atoms with van der Waals surface area (Å²) in [5, 5.41) is 0. The van der Waals surface area contributed by atoms with E-state index in [0.29, 0.717) is 5.78 Å². The van der Waals surface area contributed by atoms with Gasteiger partial charge in [0.15, 0.2) is 0 Å². The van der Waals surface area contributed by atoms with Gasteiger partial charge in [0, 0.05) is 12.8 Å². The van der Waals surface area contributed by atoms with Crippen molar-refractivity contribution in [1.29, 1.82) is 0 Å². The van der Waals surface area contributed by atoms with Crippen LogP contribution in [0.3, 0.4) is 0 Å². The fourth-order valence-electron chi connectivity index (χ4n) is 3.81. The first-order valence-electron chi connectivity index (χ1n) is 14.6. The van der Waals surface area contributed by atoms with Gasteiger partial charge >= 0.3 is 0 Å². The van der Waals surface area contributed by atoms with E-state index >= 15 is 0 Å². The second kappa shape index (κ2) is 32.1. The molecule has 34 heavy (non-hydrogen) atoms. The summed E-state index contributed by atoms with van der Waals surface area (Å²) in [6, 6.07) is 0. The number of thioether (sulfide) groups is 4. The van der Waals surface area contributed by atoms with Crippen LogP contribution in [0.2, 0.25) is 0 Å². The molecular formula is C29H58OS4. The Kier molecular flexibility index (Phi) is 33.1. The molecule has 0 saturated carbocycles. The first-order valence-corrected chi connectivity index (χ1v) is 19.3. The highest BCUT2D eigenvalue weighted by Crippen LogP contribution is 2.15. The van der Waals surface area contributed by atoms with Crippen LogP contribution in [0.1, 0.15) is 129 Å². The van der Waals surface area contributed by atoms with Crippen LogP contribution in [-0.2, 0) is 4.79 Å². The van der Waals surface area contributed by atoms with Gasteiger partial charge in [-0.3, -0.25) is 4.79 Å². The molecule has 0 aliphatic rings. The van der Waals surface area contributed by atoms with Crippen LogP contribution >= 0.6 is 47.0 Å². The number of carbonyl (C=O) groups is 1. The maximum atomic E-state index is 12.1. The number of rotatable bonds is 30. The second-order valence-electron chi connectivity index (χ2n) is 9.44. The third-order valence-corrected chi connectivity index (χ3v) is 10.7. The molecule has 0 heterocycles. The Morgan fingerprint density at radius 2 is 0.676 bits per heavy atom. The van der Waals surface area contributed by atoms with E-state index in [1.807, 2.05) is 0 Å². The highest BCUT2D eigenvalue weighted by Gasteiger charge is 2.02. The minimum absolute atomic E-state index is 0.516. The van der Waals surface area contributed by atoms with Gasteiger partial charge in [-0.25, -0.2) is 0 Å². The largest absolute Gasteiger partial charge is 0.300 e. The Bertz CT molecular complexity index is 358. The molecule has 0 rings (SSSR count). The van der Waals surface area contributed by atoms with Crippen molar-refractivity contribution in [2.75, 3.05) is 46.0 Å². The molecule has 0 N–H and O–H groups in total. The summed E-state index contributed by atoms with van der Waals surface area (Å²) in [5.74, 6) is 11.2. The van der Waals surface area contributed by atoms with E-state index in [9.17, 15) is 4.79 Å². The number of hydrogen-bond acceptors (Lipinski definition) is 5. The van der Waals surface area contributed by atoms with Crippen molar-refractivity contribution in [2.24, 2.45) is 0 Å². The minimum Gasteiger partial charge on any atom is -0.300 e. The van der Waals surface area contributed by atoms with Crippen molar-refractivity contribution >= 4 is 52.8 Å². The standard InChI is InChI=1S/C29H58OS4/c1-3-21-31-25-17-27-33-23-15-11-7-5-9-13-19-29(30)20-14-10-6-8-12-16-24-34-28-18-26-32-22-4-2/h3-28H2,1-2H3. The molecule has 0 aliphatic carbocycles. The van der Waals surface area contributed by atoms with Gasteiger partial charge in [0.1, 0.15) is 5.78 Å². The Hall–Kier alpha value is 1.07. The number of carbonyl (C=O) groups excluding carboxylic acids is 1. The zero-order valence-electron chi connectivity index (χ0n) is 22.9. The lowest BCUT2D eigenvalue weighted by atomic mass is 10.0. The maximum absolute atomic E-state index is 12.1. The highest BCUT2D eigenvalue weighted by atomic mass is 32.2. The van der Waals surface area contributed by atoms with Crippen molar-refractivity contribution in [2.45, 2.75) is 129 Å². The summed E-state index contributed by atoms with van der Waals surface area (Å²) in [6.07, 6.45) is 22.7. The zero-order chi connectivity index (χ0) is 24.8. The quantitative estimate of drug-likeness (QED) is 0.0825. The van der Waals surface area contributed by atoms with E-state index in [2.05, 4.69) is 60.9 Å². The molecular weight excluding hydrogens is 493 g/mol. The molecule has 0 aromatic heterocycles. The lowest BCUT2D eigenvalue weighted by Gasteiger charge is -2.04. The van der Waals surface area contributed by atoms with Gasteiger partial charge in [-0.15, -0.1) is 0 Å². The SMILES string of the molecule is CCCSCCCSCCCCCCCCC(=O)CCCCCCCCSCCCSCCC. The molecule has 0 aromatic rings. The molecule has 0 saturated heterocycles. The Balaban J connectivity index is 3.14. The van der Waals surface area contributed by atoms with Gasteiger partial charge < -0.3 is 0 Å². The van der Waals surface area contributed by atoms with Crippen LogP contribution in [0.4, 0.5) is 0 Å². The van der Waals surface area contributed by atoms with E-state index in [0.717, 1.165) is 25.7 Å². The van der Waals surface area contributed by atoms with Crippen molar-refractivity contribution in [1.82, 2.24) is 0 Å². The summed E-state index contributed by atoms with van der Waals surface area (Å²) in [4.78, 5) is 12.1. The van der Waals surface area contributed by atoms with Crippen molar-refractivity contribution < 1.29 is 4.79 Å². The first-order chi connectivity index (χ1) is 16.8. The molecule has 0 aliphatic heterocycles. The number of Topliss-reactive ketones (excluding diaryl/α,β-unsaturated/α-hetero) is 1. The van der Waals surface area contributed by atoms with Crippen molar-refractivity contribution in [3.63, 3.8) is 0 Å². The van der Waals surface area contributed by atoms with Gasteiger partial charge in [-0.05, 0) is 97.4 Å². The average molecular weight is 551 g/mol. The van der Waals surface area contributed by atoms with Gasteiger partial charge in [0.2, 0.25) is 0 Å². The monoisotopic (exact) mass is 550 g/mol. The molecule has 0 amide bonds. The van der Waals surface area contributed by atoms with Gasteiger partial charge in [-0.2, -0.15) is 47.0 Å². The number of unbranched alkanes of at least 4 members (excludes halogenated alkanes) is 10. The van der Waals surface area contributed by atoms with Gasteiger partial charge in [0.25, 0.3) is 0 Å². The zero-order valence-corrected chi connectivity index (χ0v) is 26.2. The molecule has 0 spiro atoms. The topological polar surface area (TPSA) is 17.1 Å². The van der Waals surface area contributed by atoms with E-state index in [4.69, 9.17) is 0 Å². The third kappa shape index (κ3) is 31.1. The second-order valence-corrected chi connectivity index (χ2v) is 14.3. The summed E-state index contributed by atoms with van der Waals surface area (Å²) in [6.45, 7) is 4.53. The fraction of sp³-hybridized carbons (Fsp3) is 0.966. The van der Waals surface area contributed by atoms with Crippen molar-refractivity contribution in [3.8, 4) is 0 Å². The molecule has 0 aromatic carbocycles. The number of ketones is 1. The summed E-state index contributed by atoms with van der Waals surface area (Å²) >= 11 is 8.50. The normalized spacial score (nSPS) is 11.4. The minimum atomic E-state index is 0.516. The van der Waals surface area contributed by atoms with Gasteiger partial charge in [-0.1, -0.05) is 65.2 Å². The highest BCUT2D eigenvalue weighted by molar-refractivity contribution is 8.00. The van der Waals surface area contributed by atoms with E-state index in [1.54, 1.807) is 0 Å². The van der Waals surface area contributed by atoms with Crippen molar-refractivity contribution in [3.05, 3.63) is 0 Å². The summed E-state index contributed by atoms with van der Waals surface area (Å²) < 4.78 is 0. The van der Waals surface area contributed by atoms with Crippen LogP contribution < -0.4 is 0 Å². The molecule has 5 heteroatoms. The van der Waals surface area contributed by atoms with Crippen LogP contribution in [0.5, 0.6) is 0 Å². The lowest BCUT2D eigenvalue weighted by molar-refractivity contribution is -0.119. The maximum Gasteiger partial charge on any atom is 0.132 e. The third-order valence-electron chi connectivity index (χ3n) is 5.84. The molecule has 0 bridgehead atoms. The first kappa shape index (κ1) is 35.1. The summed E-state index contributed by atoms with van der Waals surface area (Å²) in [5.41, 5.74) is 0. The average Bonchev–Trinajstić information content (AvgIpc) is 2.84. The predicted molar refractivity (Wildman–Crippen MR) is 169 cm³/mol. The van der Waals surface area contributed by atoms with E-state index in [1.165, 1.54) is 136 Å².